The molecule has 0 aromatic carbocycles. The third-order valence-corrected chi connectivity index (χ3v) is 2.04. The Morgan fingerprint density at radius 3 is 2.67 bits per heavy atom. The molecule has 0 radical (unpaired) electrons. The van der Waals surface area contributed by atoms with Crippen LogP contribution in [0.25, 0.3) is 0 Å². The second-order valence-electron chi connectivity index (χ2n) is 3.22. The zero-order valence-corrected chi connectivity index (χ0v) is 7.21. The summed E-state index contributed by atoms with van der Waals surface area (Å²) in [6.45, 7) is 2.12. The van der Waals surface area contributed by atoms with E-state index < -0.39 is 5.91 Å². The summed E-state index contributed by atoms with van der Waals surface area (Å²) in [5, 5.41) is 0. The van der Waals surface area contributed by atoms with Crippen LogP contribution in [0.15, 0.2) is 23.4 Å². The lowest BCUT2D eigenvalue weighted by Crippen LogP contribution is -2.18. The quantitative estimate of drug-likeness (QED) is 0.601. The Balaban J connectivity index is 2.89. The zero-order chi connectivity index (χ0) is 9.14. The van der Waals surface area contributed by atoms with Gasteiger partial charge in [0.2, 0.25) is 5.91 Å². The minimum atomic E-state index is -0.433. The fraction of sp³-hybridized carbons (Fsp3) is 0.444. The van der Waals surface area contributed by atoms with E-state index in [0.717, 1.165) is 12.8 Å². The fourth-order valence-corrected chi connectivity index (χ4v) is 1.21. The van der Waals surface area contributed by atoms with Gasteiger partial charge in [-0.3, -0.25) is 4.79 Å². The Labute approximate surface area is 72.1 Å². The summed E-state index contributed by atoms with van der Waals surface area (Å²) in [4.78, 5) is 10.9. The molecular formula is C9H14N2O. The number of rotatable bonds is 1. The van der Waals surface area contributed by atoms with Crippen molar-refractivity contribution in [3.63, 3.8) is 0 Å². The van der Waals surface area contributed by atoms with E-state index in [-0.39, 0.29) is 0 Å². The van der Waals surface area contributed by atoms with Gasteiger partial charge in [-0.05, 0) is 18.8 Å². The molecule has 0 bridgehead atoms. The van der Waals surface area contributed by atoms with Gasteiger partial charge in [-0.15, -0.1) is 0 Å². The van der Waals surface area contributed by atoms with Crippen molar-refractivity contribution in [2.75, 3.05) is 0 Å². The number of hydrogen-bond donors (Lipinski definition) is 2. The van der Waals surface area contributed by atoms with E-state index in [4.69, 9.17) is 11.5 Å². The second kappa shape index (κ2) is 3.43. The number of carbonyl (C=O) groups excluding carboxylic acids is 1. The van der Waals surface area contributed by atoms with E-state index in [2.05, 4.69) is 6.92 Å². The summed E-state index contributed by atoms with van der Waals surface area (Å²) >= 11 is 0. The van der Waals surface area contributed by atoms with Gasteiger partial charge in [-0.2, -0.15) is 0 Å². The van der Waals surface area contributed by atoms with Crippen molar-refractivity contribution >= 4 is 5.91 Å². The van der Waals surface area contributed by atoms with Crippen molar-refractivity contribution in [1.82, 2.24) is 0 Å². The molecule has 0 spiro atoms. The van der Waals surface area contributed by atoms with Crippen LogP contribution in [0, 0.1) is 5.92 Å². The van der Waals surface area contributed by atoms with E-state index >= 15 is 0 Å². The largest absolute Gasteiger partial charge is 0.398 e. The average molecular weight is 166 g/mol. The van der Waals surface area contributed by atoms with Crippen LogP contribution in [0.2, 0.25) is 0 Å². The first-order valence-corrected chi connectivity index (χ1v) is 4.07. The van der Waals surface area contributed by atoms with Crippen LogP contribution in [0.5, 0.6) is 0 Å². The number of amides is 1. The molecule has 0 aromatic heterocycles. The predicted molar refractivity (Wildman–Crippen MR) is 47.9 cm³/mol. The van der Waals surface area contributed by atoms with Crippen LogP contribution in [0.3, 0.4) is 0 Å². The molecule has 0 fully saturated rings. The molecular weight excluding hydrogens is 152 g/mol. The summed E-state index contributed by atoms with van der Waals surface area (Å²) in [5.74, 6) is 0.109. The third-order valence-electron chi connectivity index (χ3n) is 2.04. The summed E-state index contributed by atoms with van der Waals surface area (Å²) in [6, 6.07) is 0. The third kappa shape index (κ3) is 1.87. The van der Waals surface area contributed by atoms with Crippen LogP contribution in [0.4, 0.5) is 0 Å². The van der Waals surface area contributed by atoms with E-state index in [0.29, 0.717) is 17.2 Å². The Kier molecular flexibility index (Phi) is 2.53. The molecule has 3 heteroatoms. The lowest BCUT2D eigenvalue weighted by atomic mass is 10.1. The number of allylic oxidation sites excluding steroid dienone is 2. The van der Waals surface area contributed by atoms with Crippen molar-refractivity contribution in [3.05, 3.63) is 23.4 Å². The molecule has 0 aliphatic heterocycles. The number of nitrogens with two attached hydrogens (primary N) is 2. The smallest absolute Gasteiger partial charge is 0.250 e. The van der Waals surface area contributed by atoms with Gasteiger partial charge in [0.1, 0.15) is 0 Å². The molecule has 1 atom stereocenters. The highest BCUT2D eigenvalue weighted by Crippen LogP contribution is 2.18. The van der Waals surface area contributed by atoms with Gasteiger partial charge < -0.3 is 11.5 Å². The van der Waals surface area contributed by atoms with Crippen molar-refractivity contribution in [3.8, 4) is 0 Å². The molecule has 12 heavy (non-hydrogen) atoms. The molecule has 0 saturated heterocycles. The summed E-state index contributed by atoms with van der Waals surface area (Å²) in [7, 11) is 0. The monoisotopic (exact) mass is 166 g/mol. The van der Waals surface area contributed by atoms with Crippen LogP contribution in [0.1, 0.15) is 19.8 Å². The molecule has 0 unspecified atom stereocenters. The van der Waals surface area contributed by atoms with E-state index in [1.165, 1.54) is 0 Å². The highest BCUT2D eigenvalue weighted by molar-refractivity contribution is 5.96. The Bertz CT molecular complexity index is 253. The van der Waals surface area contributed by atoms with Crippen molar-refractivity contribution in [2.45, 2.75) is 19.8 Å². The van der Waals surface area contributed by atoms with E-state index in [1.54, 1.807) is 0 Å². The molecule has 1 aliphatic carbocycles. The van der Waals surface area contributed by atoms with Crippen molar-refractivity contribution in [1.29, 1.82) is 0 Å². The van der Waals surface area contributed by atoms with Crippen molar-refractivity contribution in [2.24, 2.45) is 17.4 Å². The summed E-state index contributed by atoms with van der Waals surface area (Å²) in [5.41, 5.74) is 11.8. The highest BCUT2D eigenvalue weighted by atomic mass is 16.1. The maximum Gasteiger partial charge on any atom is 0.250 e. The predicted octanol–water partition coefficient (Wildman–Crippen LogP) is 0.671. The lowest BCUT2D eigenvalue weighted by molar-refractivity contribution is -0.114. The van der Waals surface area contributed by atoms with Gasteiger partial charge in [0.25, 0.3) is 0 Å². The van der Waals surface area contributed by atoms with Crippen LogP contribution >= 0.6 is 0 Å². The number of hydrogen-bond acceptors (Lipinski definition) is 2. The van der Waals surface area contributed by atoms with Gasteiger partial charge in [0.15, 0.2) is 0 Å². The summed E-state index contributed by atoms with van der Waals surface area (Å²) < 4.78 is 0. The normalized spacial score (nSPS) is 23.9. The zero-order valence-electron chi connectivity index (χ0n) is 7.21. The summed E-state index contributed by atoms with van der Waals surface area (Å²) in [6.07, 6.45) is 5.48. The highest BCUT2D eigenvalue weighted by Gasteiger charge is 2.12. The van der Waals surface area contributed by atoms with E-state index in [1.807, 2.05) is 12.2 Å². The first-order chi connectivity index (χ1) is 5.61. The average Bonchev–Trinajstić information content (AvgIpc) is 2.14. The second-order valence-corrected chi connectivity index (χ2v) is 3.22. The molecule has 66 valence electrons. The van der Waals surface area contributed by atoms with Gasteiger partial charge >= 0.3 is 0 Å². The Morgan fingerprint density at radius 2 is 2.08 bits per heavy atom. The van der Waals surface area contributed by atoms with Gasteiger partial charge in [-0.25, -0.2) is 0 Å². The Hall–Kier alpha value is -1.25. The van der Waals surface area contributed by atoms with Crippen LogP contribution < -0.4 is 11.5 Å². The van der Waals surface area contributed by atoms with Crippen molar-refractivity contribution < 1.29 is 4.79 Å². The first-order valence-electron chi connectivity index (χ1n) is 4.07. The lowest BCUT2D eigenvalue weighted by Gasteiger charge is -2.00. The maximum absolute atomic E-state index is 10.9. The minimum Gasteiger partial charge on any atom is -0.398 e. The number of carbonyl (C=O) groups is 1. The minimum absolute atomic E-state index is 0.433. The SMILES string of the molecule is C[C@H]1CC=C(N)C(C(N)=O)=CC1. The van der Waals surface area contributed by atoms with Gasteiger partial charge in [0, 0.05) is 5.70 Å². The van der Waals surface area contributed by atoms with Gasteiger partial charge in [0.05, 0.1) is 5.57 Å². The molecule has 1 rings (SSSR count). The molecule has 1 amide bonds. The molecule has 4 N–H and O–H groups in total. The molecule has 0 heterocycles. The van der Waals surface area contributed by atoms with Crippen LogP contribution in [-0.4, -0.2) is 5.91 Å². The Morgan fingerprint density at radius 1 is 1.50 bits per heavy atom. The maximum atomic E-state index is 10.9. The molecule has 0 saturated carbocycles. The molecule has 3 nitrogen and oxygen atoms in total. The molecule has 1 aliphatic rings. The number of primary amides is 1. The fourth-order valence-electron chi connectivity index (χ4n) is 1.21. The molecule has 0 aromatic rings. The standard InChI is InChI=1S/C9H14N2O/c1-6-2-4-7(9(11)12)8(10)5-3-6/h4-6H,2-3,10H2,1H3,(H2,11,12)/t6-/m1/s1. The van der Waals surface area contributed by atoms with Crippen LogP contribution in [-0.2, 0) is 4.79 Å². The first kappa shape index (κ1) is 8.84. The van der Waals surface area contributed by atoms with Gasteiger partial charge in [-0.1, -0.05) is 19.1 Å². The van der Waals surface area contributed by atoms with E-state index in [9.17, 15) is 4.79 Å². The topological polar surface area (TPSA) is 69.1 Å².